The topological polar surface area (TPSA) is 99.3 Å². The number of nitrogens with zero attached hydrogens (tertiary/aromatic N) is 3. The fraction of sp³-hybridized carbons (Fsp3) is 0.333. The van der Waals surface area contributed by atoms with Crippen molar-refractivity contribution in [3.63, 3.8) is 0 Å². The van der Waals surface area contributed by atoms with Crippen LogP contribution in [0.25, 0.3) is 11.0 Å². The zero-order valence-corrected chi connectivity index (χ0v) is 13.1. The van der Waals surface area contributed by atoms with Crippen molar-refractivity contribution in [2.45, 2.75) is 32.7 Å². The fourth-order valence-electron chi connectivity index (χ4n) is 2.19. The average molecular weight is 316 g/mol. The highest BCUT2D eigenvalue weighted by Crippen LogP contribution is 2.19. The largest absolute Gasteiger partial charge is 0.346 e. The van der Waals surface area contributed by atoms with Gasteiger partial charge in [-0.05, 0) is 6.07 Å². The maximum atomic E-state index is 13.6. The summed E-state index contributed by atoms with van der Waals surface area (Å²) in [5, 5.41) is 12.8. The summed E-state index contributed by atoms with van der Waals surface area (Å²) in [6.07, 6.45) is 1.68. The van der Waals surface area contributed by atoms with Gasteiger partial charge in [-0.15, -0.1) is 0 Å². The van der Waals surface area contributed by atoms with Crippen LogP contribution in [0.5, 0.6) is 0 Å². The highest BCUT2D eigenvalue weighted by atomic mass is 19.1. The second kappa shape index (κ2) is 5.45. The van der Waals surface area contributed by atoms with Gasteiger partial charge in [0.1, 0.15) is 22.7 Å². The van der Waals surface area contributed by atoms with E-state index in [4.69, 9.17) is 0 Å². The maximum absolute atomic E-state index is 13.6. The number of hydrogen-bond acceptors (Lipinski definition) is 4. The molecule has 1 aromatic carbocycles. The van der Waals surface area contributed by atoms with Crippen LogP contribution >= 0.6 is 0 Å². The Morgan fingerprint density at radius 3 is 2.78 bits per heavy atom. The van der Waals surface area contributed by atoms with Gasteiger partial charge in [0.2, 0.25) is 0 Å². The van der Waals surface area contributed by atoms with Gasteiger partial charge in [-0.1, -0.05) is 20.8 Å². The summed E-state index contributed by atoms with van der Waals surface area (Å²) in [5.41, 5.74) is 1.47. The summed E-state index contributed by atoms with van der Waals surface area (Å²) in [5.74, 6) is -0.116. The second-order valence-corrected chi connectivity index (χ2v) is 6.33. The Bertz CT molecular complexity index is 860. The molecule has 3 rings (SSSR count). The van der Waals surface area contributed by atoms with Crippen molar-refractivity contribution in [2.75, 3.05) is 0 Å². The molecule has 0 fully saturated rings. The molecule has 0 saturated carbocycles. The first kappa shape index (κ1) is 15.1. The lowest BCUT2D eigenvalue weighted by molar-refractivity contribution is 0.0951. The van der Waals surface area contributed by atoms with E-state index in [1.54, 1.807) is 6.20 Å². The van der Waals surface area contributed by atoms with Crippen LogP contribution in [0.2, 0.25) is 0 Å². The molecule has 3 aromatic rings. The van der Waals surface area contributed by atoms with Gasteiger partial charge in [-0.2, -0.15) is 15.4 Å². The van der Waals surface area contributed by atoms with E-state index in [9.17, 15) is 9.18 Å². The van der Waals surface area contributed by atoms with Crippen LogP contribution in [-0.2, 0) is 12.0 Å². The molecule has 0 aliphatic heterocycles. The molecule has 120 valence electrons. The van der Waals surface area contributed by atoms with Crippen LogP contribution in [0.15, 0.2) is 18.3 Å². The van der Waals surface area contributed by atoms with Crippen LogP contribution in [0.3, 0.4) is 0 Å². The Morgan fingerprint density at radius 1 is 1.30 bits per heavy atom. The molecular weight excluding hydrogens is 299 g/mol. The first-order chi connectivity index (χ1) is 10.8. The first-order valence-electron chi connectivity index (χ1n) is 7.17. The van der Waals surface area contributed by atoms with Gasteiger partial charge in [0.25, 0.3) is 5.91 Å². The van der Waals surface area contributed by atoms with Gasteiger partial charge >= 0.3 is 0 Å². The van der Waals surface area contributed by atoms with Crippen molar-refractivity contribution < 1.29 is 9.18 Å². The Hall–Kier alpha value is -2.77. The number of halogens is 1. The fourth-order valence-corrected chi connectivity index (χ4v) is 2.19. The van der Waals surface area contributed by atoms with E-state index in [0.29, 0.717) is 11.0 Å². The molecule has 2 aromatic heterocycles. The van der Waals surface area contributed by atoms with Gasteiger partial charge < -0.3 is 10.3 Å². The number of carbonyl (C=O) groups is 1. The minimum atomic E-state index is -0.534. The predicted molar refractivity (Wildman–Crippen MR) is 82.3 cm³/mol. The Balaban J connectivity index is 1.76. The number of nitrogens with one attached hydrogen (secondary N) is 3. The summed E-state index contributed by atoms with van der Waals surface area (Å²) in [6.45, 7) is 6.39. The SMILES string of the molecule is CC(C)(C)c1ncc(CNC(=O)c2cc(F)cc3n[nH]nc23)[nH]1. The highest BCUT2D eigenvalue weighted by Gasteiger charge is 2.18. The molecule has 0 aliphatic rings. The number of benzene rings is 1. The monoisotopic (exact) mass is 316 g/mol. The Morgan fingerprint density at radius 2 is 2.09 bits per heavy atom. The molecule has 1 amide bonds. The summed E-state index contributed by atoms with van der Waals surface area (Å²) < 4.78 is 13.6. The Kier molecular flexibility index (Phi) is 3.59. The molecule has 0 unspecified atom stereocenters. The van der Waals surface area contributed by atoms with E-state index >= 15 is 0 Å². The van der Waals surface area contributed by atoms with Gasteiger partial charge in [0.05, 0.1) is 24.0 Å². The number of aromatic amines is 2. The third-order valence-electron chi connectivity index (χ3n) is 3.41. The molecule has 0 spiro atoms. The minimum Gasteiger partial charge on any atom is -0.346 e. The zero-order valence-electron chi connectivity index (χ0n) is 13.1. The lowest BCUT2D eigenvalue weighted by Gasteiger charge is -2.14. The molecule has 7 nitrogen and oxygen atoms in total. The van der Waals surface area contributed by atoms with Crippen molar-refractivity contribution >= 4 is 16.9 Å². The minimum absolute atomic E-state index is 0.0995. The van der Waals surface area contributed by atoms with Crippen LogP contribution in [0.4, 0.5) is 4.39 Å². The molecule has 0 bridgehead atoms. The number of amides is 1. The molecule has 2 heterocycles. The summed E-state index contributed by atoms with van der Waals surface area (Å²) >= 11 is 0. The predicted octanol–water partition coefficient (Wildman–Crippen LogP) is 2.05. The van der Waals surface area contributed by atoms with Crippen molar-refractivity contribution in [1.82, 2.24) is 30.7 Å². The van der Waals surface area contributed by atoms with Gasteiger partial charge in [-0.3, -0.25) is 4.79 Å². The van der Waals surface area contributed by atoms with E-state index in [1.165, 1.54) is 6.07 Å². The van der Waals surface area contributed by atoms with Crippen molar-refractivity contribution in [2.24, 2.45) is 0 Å². The smallest absolute Gasteiger partial charge is 0.254 e. The van der Waals surface area contributed by atoms with Crippen LogP contribution in [0.1, 0.15) is 42.6 Å². The van der Waals surface area contributed by atoms with Gasteiger partial charge in [0.15, 0.2) is 0 Å². The normalized spacial score (nSPS) is 11.8. The van der Waals surface area contributed by atoms with Crippen LogP contribution < -0.4 is 5.32 Å². The number of hydrogen-bond donors (Lipinski definition) is 3. The third kappa shape index (κ3) is 3.05. The molecule has 23 heavy (non-hydrogen) atoms. The first-order valence-corrected chi connectivity index (χ1v) is 7.17. The molecule has 8 heteroatoms. The average Bonchev–Trinajstić information content (AvgIpc) is 3.11. The number of rotatable bonds is 3. The molecule has 0 aliphatic carbocycles. The lowest BCUT2D eigenvalue weighted by atomic mass is 9.96. The summed E-state index contributed by atoms with van der Waals surface area (Å²) in [7, 11) is 0. The molecule has 0 atom stereocenters. The number of H-pyrrole nitrogens is 2. The van der Waals surface area contributed by atoms with Crippen molar-refractivity contribution in [3.05, 3.63) is 41.2 Å². The number of imidazole rings is 1. The lowest BCUT2D eigenvalue weighted by Crippen LogP contribution is -2.23. The van der Waals surface area contributed by atoms with Crippen LogP contribution in [0, 0.1) is 5.82 Å². The van der Waals surface area contributed by atoms with Gasteiger partial charge in [-0.25, -0.2) is 9.37 Å². The molecule has 3 N–H and O–H groups in total. The molecule has 0 saturated heterocycles. The second-order valence-electron chi connectivity index (χ2n) is 6.33. The number of carbonyl (C=O) groups excluding carboxylic acids is 1. The van der Waals surface area contributed by atoms with Crippen LogP contribution in [-0.4, -0.2) is 31.3 Å². The van der Waals surface area contributed by atoms with Gasteiger partial charge in [0, 0.05) is 11.5 Å². The van der Waals surface area contributed by atoms with E-state index in [1.807, 2.05) is 20.8 Å². The zero-order chi connectivity index (χ0) is 16.6. The van der Waals surface area contributed by atoms with E-state index in [2.05, 4.69) is 30.7 Å². The standard InChI is InChI=1S/C15H17FN6O/c1-15(2,3)14-18-7-9(19-14)6-17-13(23)10-4-8(16)5-11-12(10)21-22-20-11/h4-5,7H,6H2,1-3H3,(H,17,23)(H,18,19)(H,20,21,22). The van der Waals surface area contributed by atoms with E-state index < -0.39 is 11.7 Å². The van der Waals surface area contributed by atoms with Crippen molar-refractivity contribution in [1.29, 1.82) is 0 Å². The van der Waals surface area contributed by atoms with E-state index in [-0.39, 0.29) is 17.5 Å². The number of aromatic nitrogens is 5. The highest BCUT2D eigenvalue weighted by molar-refractivity contribution is 6.04. The summed E-state index contributed by atoms with van der Waals surface area (Å²) in [4.78, 5) is 19.8. The quantitative estimate of drug-likeness (QED) is 0.688. The maximum Gasteiger partial charge on any atom is 0.254 e. The third-order valence-corrected chi connectivity index (χ3v) is 3.41. The van der Waals surface area contributed by atoms with E-state index in [0.717, 1.165) is 17.6 Å². The molecular formula is C15H17FN6O. The summed E-state index contributed by atoms with van der Waals surface area (Å²) in [6, 6.07) is 2.37. The van der Waals surface area contributed by atoms with Crippen molar-refractivity contribution in [3.8, 4) is 0 Å². The Labute approximate surface area is 131 Å². The number of fused-ring (bicyclic) bond motifs is 1. The molecule has 0 radical (unpaired) electrons.